The third-order valence-corrected chi connectivity index (χ3v) is 6.30. The number of hydrogen-bond acceptors (Lipinski definition) is 5. The first-order valence-electron chi connectivity index (χ1n) is 13.7. The number of unbranched alkanes of at least 4 members (excludes halogenated alkanes) is 8. The van der Waals surface area contributed by atoms with Gasteiger partial charge in [0, 0.05) is 11.6 Å². The van der Waals surface area contributed by atoms with E-state index in [0.717, 1.165) is 37.7 Å². The fourth-order valence-electron chi connectivity index (χ4n) is 4.08. The molecule has 3 rings (SSSR count). The number of aromatic nitrogens is 2. The minimum Gasteiger partial charge on any atom is -0.493 e. The summed E-state index contributed by atoms with van der Waals surface area (Å²) in [5.41, 5.74) is 2.03. The summed E-state index contributed by atoms with van der Waals surface area (Å²) in [6.45, 7) is 4.90. The minimum atomic E-state index is -0.803. The molecular formula is C31H39FN2O3. The lowest BCUT2D eigenvalue weighted by Gasteiger charge is -2.09. The molecule has 198 valence electrons. The highest BCUT2D eigenvalue weighted by Gasteiger charge is 2.16. The predicted octanol–water partition coefficient (Wildman–Crippen LogP) is 8.36. The Balaban J connectivity index is 1.49. The van der Waals surface area contributed by atoms with Crippen molar-refractivity contribution in [1.29, 1.82) is 0 Å². The van der Waals surface area contributed by atoms with Gasteiger partial charge in [-0.1, -0.05) is 89.5 Å². The van der Waals surface area contributed by atoms with Crippen molar-refractivity contribution in [1.82, 2.24) is 9.97 Å². The number of carbonyl (C=O) groups excluding carboxylic acids is 1. The molecule has 0 saturated carbocycles. The van der Waals surface area contributed by atoms with Gasteiger partial charge < -0.3 is 9.47 Å². The summed E-state index contributed by atoms with van der Waals surface area (Å²) in [5.74, 6) is -0.394. The maximum atomic E-state index is 14.5. The molecule has 3 aromatic rings. The molecule has 0 aliphatic rings. The predicted molar refractivity (Wildman–Crippen MR) is 146 cm³/mol. The largest absolute Gasteiger partial charge is 0.493 e. The number of carbonyl (C=O) groups is 1. The van der Waals surface area contributed by atoms with E-state index in [2.05, 4.69) is 35.9 Å². The number of rotatable bonds is 16. The Labute approximate surface area is 220 Å². The van der Waals surface area contributed by atoms with E-state index in [0.29, 0.717) is 18.2 Å². The van der Waals surface area contributed by atoms with E-state index >= 15 is 0 Å². The molecule has 0 fully saturated rings. The standard InChI is InChI=1S/C31H39FN2O3/c1-3-5-7-9-10-11-13-24-14-16-25(17-15-24)30-33-22-27(23-34-30)37-31(35)28-19-18-26(21-29(28)32)36-20-12-8-6-4-2/h14-19,21-23H,3-13,20H2,1-2H3. The fraction of sp³-hybridized carbons (Fsp3) is 0.452. The maximum absolute atomic E-state index is 14.5. The van der Waals surface area contributed by atoms with Crippen molar-refractivity contribution in [2.75, 3.05) is 6.61 Å². The lowest BCUT2D eigenvalue weighted by Crippen LogP contribution is -2.11. The zero-order valence-corrected chi connectivity index (χ0v) is 22.2. The summed E-state index contributed by atoms with van der Waals surface area (Å²) >= 11 is 0. The molecule has 0 bridgehead atoms. The molecule has 0 N–H and O–H groups in total. The topological polar surface area (TPSA) is 61.3 Å². The van der Waals surface area contributed by atoms with Crippen molar-refractivity contribution in [2.24, 2.45) is 0 Å². The quantitative estimate of drug-likeness (QED) is 0.144. The van der Waals surface area contributed by atoms with E-state index in [1.165, 1.54) is 68.6 Å². The average molecular weight is 507 g/mol. The molecule has 0 amide bonds. The Kier molecular flexibility index (Phi) is 12.0. The molecule has 1 aromatic heterocycles. The molecule has 5 nitrogen and oxygen atoms in total. The van der Waals surface area contributed by atoms with Crippen LogP contribution in [0.3, 0.4) is 0 Å². The van der Waals surface area contributed by atoms with E-state index in [1.54, 1.807) is 6.07 Å². The summed E-state index contributed by atoms with van der Waals surface area (Å²) < 4.78 is 25.4. The zero-order valence-electron chi connectivity index (χ0n) is 22.2. The first kappa shape index (κ1) is 28.3. The third kappa shape index (κ3) is 9.60. The minimum absolute atomic E-state index is 0.157. The van der Waals surface area contributed by atoms with Gasteiger partial charge in [0.2, 0.25) is 0 Å². The smallest absolute Gasteiger partial charge is 0.346 e. The lowest BCUT2D eigenvalue weighted by atomic mass is 10.0. The van der Waals surface area contributed by atoms with Crippen LogP contribution in [0.5, 0.6) is 11.5 Å². The summed E-state index contributed by atoms with van der Waals surface area (Å²) in [6, 6.07) is 12.4. The highest BCUT2D eigenvalue weighted by Crippen LogP contribution is 2.21. The molecule has 6 heteroatoms. The van der Waals surface area contributed by atoms with Crippen LogP contribution in [-0.2, 0) is 6.42 Å². The van der Waals surface area contributed by atoms with Gasteiger partial charge >= 0.3 is 5.97 Å². The van der Waals surface area contributed by atoms with Crippen LogP contribution in [0, 0.1) is 5.82 Å². The van der Waals surface area contributed by atoms with Crippen LogP contribution in [0.2, 0.25) is 0 Å². The molecule has 0 spiro atoms. The highest BCUT2D eigenvalue weighted by molar-refractivity contribution is 5.91. The van der Waals surface area contributed by atoms with E-state index in [9.17, 15) is 9.18 Å². The molecule has 0 atom stereocenters. The summed E-state index contributed by atoms with van der Waals surface area (Å²) in [4.78, 5) is 21.1. The number of hydrogen-bond donors (Lipinski definition) is 0. The van der Waals surface area contributed by atoms with Gasteiger partial charge in [-0.2, -0.15) is 0 Å². The second-order valence-electron chi connectivity index (χ2n) is 9.40. The Morgan fingerprint density at radius 1 is 0.784 bits per heavy atom. The van der Waals surface area contributed by atoms with Crippen LogP contribution in [0.15, 0.2) is 54.9 Å². The first-order valence-corrected chi connectivity index (χ1v) is 13.7. The van der Waals surface area contributed by atoms with E-state index < -0.39 is 11.8 Å². The van der Waals surface area contributed by atoms with Crippen molar-refractivity contribution in [3.63, 3.8) is 0 Å². The second kappa shape index (κ2) is 15.7. The SMILES string of the molecule is CCCCCCCCc1ccc(-c2ncc(OC(=O)c3ccc(OCCCCCC)cc3F)cn2)cc1. The number of halogens is 1. The van der Waals surface area contributed by atoms with E-state index in [1.807, 2.05) is 12.1 Å². The van der Waals surface area contributed by atoms with Gasteiger partial charge in [0.25, 0.3) is 0 Å². The first-order chi connectivity index (χ1) is 18.1. The van der Waals surface area contributed by atoms with Crippen LogP contribution in [0.1, 0.15) is 94.0 Å². The van der Waals surface area contributed by atoms with Crippen LogP contribution >= 0.6 is 0 Å². The number of esters is 1. The Bertz CT molecular complexity index is 1080. The van der Waals surface area contributed by atoms with Crippen LogP contribution in [0.4, 0.5) is 4.39 Å². The fourth-order valence-corrected chi connectivity index (χ4v) is 4.08. The van der Waals surface area contributed by atoms with Crippen LogP contribution < -0.4 is 9.47 Å². The molecule has 0 saturated heterocycles. The Morgan fingerprint density at radius 2 is 1.43 bits per heavy atom. The number of benzene rings is 2. The van der Waals surface area contributed by atoms with E-state index in [-0.39, 0.29) is 11.3 Å². The molecule has 0 radical (unpaired) electrons. The van der Waals surface area contributed by atoms with Crippen molar-refractivity contribution < 1.29 is 18.7 Å². The van der Waals surface area contributed by atoms with Crippen molar-refractivity contribution in [3.05, 3.63) is 71.8 Å². The molecule has 0 unspecified atom stereocenters. The van der Waals surface area contributed by atoms with Crippen molar-refractivity contribution in [3.8, 4) is 22.9 Å². The van der Waals surface area contributed by atoms with Gasteiger partial charge in [-0.15, -0.1) is 0 Å². The number of ether oxygens (including phenoxy) is 2. The van der Waals surface area contributed by atoms with Crippen LogP contribution in [0.25, 0.3) is 11.4 Å². The third-order valence-electron chi connectivity index (χ3n) is 6.30. The summed E-state index contributed by atoms with van der Waals surface area (Å²) in [6.07, 6.45) is 15.9. The second-order valence-corrected chi connectivity index (χ2v) is 9.40. The summed E-state index contributed by atoms with van der Waals surface area (Å²) in [7, 11) is 0. The molecule has 1 heterocycles. The lowest BCUT2D eigenvalue weighted by molar-refractivity contribution is 0.0728. The van der Waals surface area contributed by atoms with Crippen molar-refractivity contribution >= 4 is 5.97 Å². The number of aryl methyl sites for hydroxylation is 1. The van der Waals surface area contributed by atoms with Gasteiger partial charge in [0.15, 0.2) is 11.6 Å². The zero-order chi connectivity index (χ0) is 26.3. The molecule has 0 aliphatic carbocycles. The van der Waals surface area contributed by atoms with E-state index in [4.69, 9.17) is 9.47 Å². The Hall–Kier alpha value is -3.28. The van der Waals surface area contributed by atoms with Gasteiger partial charge in [-0.25, -0.2) is 19.2 Å². The highest BCUT2D eigenvalue weighted by atomic mass is 19.1. The molecule has 2 aromatic carbocycles. The van der Waals surface area contributed by atoms with Gasteiger partial charge in [-0.05, 0) is 37.0 Å². The molecule has 37 heavy (non-hydrogen) atoms. The monoisotopic (exact) mass is 506 g/mol. The molecular weight excluding hydrogens is 467 g/mol. The van der Waals surface area contributed by atoms with Crippen molar-refractivity contribution in [2.45, 2.75) is 84.5 Å². The van der Waals surface area contributed by atoms with Crippen LogP contribution in [-0.4, -0.2) is 22.5 Å². The van der Waals surface area contributed by atoms with Gasteiger partial charge in [0.1, 0.15) is 11.6 Å². The molecule has 0 aliphatic heterocycles. The summed E-state index contributed by atoms with van der Waals surface area (Å²) in [5, 5.41) is 0. The van der Waals surface area contributed by atoms with Gasteiger partial charge in [0.05, 0.1) is 24.6 Å². The normalized spacial score (nSPS) is 10.9. The average Bonchev–Trinajstić information content (AvgIpc) is 2.91. The van der Waals surface area contributed by atoms with Gasteiger partial charge in [-0.3, -0.25) is 0 Å². The Morgan fingerprint density at radius 3 is 2.11 bits per heavy atom. The maximum Gasteiger partial charge on any atom is 0.346 e. The number of nitrogens with zero attached hydrogens (tertiary/aromatic N) is 2.